The highest BCUT2D eigenvalue weighted by Crippen LogP contribution is 2.29. The first-order chi connectivity index (χ1) is 11.0. The van der Waals surface area contributed by atoms with Gasteiger partial charge in [-0.2, -0.15) is 0 Å². The van der Waals surface area contributed by atoms with Crippen LogP contribution < -0.4 is 10.6 Å². The van der Waals surface area contributed by atoms with Gasteiger partial charge < -0.3 is 10.6 Å². The van der Waals surface area contributed by atoms with E-state index in [4.69, 9.17) is 11.6 Å². The van der Waals surface area contributed by atoms with Crippen LogP contribution in [0.1, 0.15) is 20.3 Å². The van der Waals surface area contributed by atoms with E-state index in [-0.39, 0.29) is 16.6 Å². The van der Waals surface area contributed by atoms with Crippen molar-refractivity contribution in [3.63, 3.8) is 0 Å². The standard InChI is InChI=1S/C14H16ClFN4OS2/c1-3-6-17-13-19-20-14(23-13)22-8(2)12(21)18-11-5-4-9(15)7-10(11)16/h4-5,7-8H,3,6H2,1-2H3,(H,17,19)(H,18,21). The van der Waals surface area contributed by atoms with Crippen molar-refractivity contribution < 1.29 is 9.18 Å². The lowest BCUT2D eigenvalue weighted by Gasteiger charge is -2.11. The molecule has 1 amide bonds. The van der Waals surface area contributed by atoms with Crippen molar-refractivity contribution in [2.75, 3.05) is 17.2 Å². The Bertz CT molecular complexity index is 683. The summed E-state index contributed by atoms with van der Waals surface area (Å²) in [6.45, 7) is 4.62. The molecule has 1 unspecified atom stereocenters. The van der Waals surface area contributed by atoms with Crippen molar-refractivity contribution in [3.8, 4) is 0 Å². The molecule has 5 nitrogen and oxygen atoms in total. The summed E-state index contributed by atoms with van der Waals surface area (Å²) in [4.78, 5) is 12.1. The minimum absolute atomic E-state index is 0.106. The van der Waals surface area contributed by atoms with Crippen molar-refractivity contribution in [2.45, 2.75) is 29.9 Å². The molecule has 2 N–H and O–H groups in total. The molecule has 1 aromatic heterocycles. The first kappa shape index (κ1) is 18.0. The fraction of sp³-hybridized carbons (Fsp3) is 0.357. The van der Waals surface area contributed by atoms with Gasteiger partial charge in [-0.3, -0.25) is 4.79 Å². The Morgan fingerprint density at radius 2 is 2.26 bits per heavy atom. The van der Waals surface area contributed by atoms with Gasteiger partial charge in [0.2, 0.25) is 11.0 Å². The van der Waals surface area contributed by atoms with E-state index in [0.717, 1.165) is 24.2 Å². The highest BCUT2D eigenvalue weighted by molar-refractivity contribution is 8.02. The Hall–Kier alpha value is -1.38. The molecule has 124 valence electrons. The highest BCUT2D eigenvalue weighted by atomic mass is 35.5. The number of thioether (sulfide) groups is 1. The molecule has 2 rings (SSSR count). The molecule has 0 aliphatic rings. The molecule has 0 spiro atoms. The van der Waals surface area contributed by atoms with Crippen molar-refractivity contribution in [1.29, 1.82) is 0 Å². The number of rotatable bonds is 7. The molecule has 2 aromatic rings. The fourth-order valence-corrected chi connectivity index (χ4v) is 3.67. The van der Waals surface area contributed by atoms with Crippen molar-refractivity contribution in [1.82, 2.24) is 10.2 Å². The van der Waals surface area contributed by atoms with Gasteiger partial charge in [0.1, 0.15) is 5.82 Å². The molecule has 0 radical (unpaired) electrons. The van der Waals surface area contributed by atoms with Gasteiger partial charge in [-0.25, -0.2) is 4.39 Å². The summed E-state index contributed by atoms with van der Waals surface area (Å²) in [5.74, 6) is -0.875. The van der Waals surface area contributed by atoms with Gasteiger partial charge in [0.05, 0.1) is 10.9 Å². The van der Waals surface area contributed by atoms with Crippen molar-refractivity contribution >= 4 is 51.4 Å². The van der Waals surface area contributed by atoms with Crippen LogP contribution in [-0.2, 0) is 4.79 Å². The summed E-state index contributed by atoms with van der Waals surface area (Å²) >= 11 is 8.35. The zero-order chi connectivity index (χ0) is 16.8. The summed E-state index contributed by atoms with van der Waals surface area (Å²) in [5.41, 5.74) is 0.106. The molecule has 0 bridgehead atoms. The van der Waals surface area contributed by atoms with E-state index >= 15 is 0 Å². The number of anilines is 2. The van der Waals surface area contributed by atoms with Crippen LogP contribution in [0.15, 0.2) is 22.5 Å². The average molecular weight is 375 g/mol. The normalized spacial score (nSPS) is 12.0. The number of carbonyl (C=O) groups is 1. The summed E-state index contributed by atoms with van der Waals surface area (Å²) in [6, 6.07) is 4.12. The molecule has 23 heavy (non-hydrogen) atoms. The van der Waals surface area contributed by atoms with Gasteiger partial charge in [-0.15, -0.1) is 10.2 Å². The van der Waals surface area contributed by atoms with E-state index in [0.29, 0.717) is 4.34 Å². The molecule has 0 saturated heterocycles. The second-order valence-corrected chi connectivity index (χ2v) is 7.68. The number of carbonyl (C=O) groups excluding carboxylic acids is 1. The van der Waals surface area contributed by atoms with Gasteiger partial charge in [0.25, 0.3) is 0 Å². The number of amides is 1. The number of benzene rings is 1. The highest BCUT2D eigenvalue weighted by Gasteiger charge is 2.18. The Kier molecular flexibility index (Phi) is 6.61. The predicted molar refractivity (Wildman–Crippen MR) is 94.0 cm³/mol. The maximum atomic E-state index is 13.7. The number of hydrogen-bond acceptors (Lipinski definition) is 6. The lowest BCUT2D eigenvalue weighted by atomic mass is 10.3. The summed E-state index contributed by atoms with van der Waals surface area (Å²) in [6.07, 6.45) is 0.994. The lowest BCUT2D eigenvalue weighted by molar-refractivity contribution is -0.115. The number of nitrogens with zero attached hydrogens (tertiary/aromatic N) is 2. The van der Waals surface area contributed by atoms with Gasteiger partial charge in [0.15, 0.2) is 4.34 Å². The quantitative estimate of drug-likeness (QED) is 0.708. The molecule has 1 aromatic carbocycles. The van der Waals surface area contributed by atoms with Crippen LogP contribution in [0, 0.1) is 5.82 Å². The third kappa shape index (κ3) is 5.33. The SMILES string of the molecule is CCCNc1nnc(SC(C)C(=O)Nc2ccc(Cl)cc2F)s1. The minimum atomic E-state index is -0.565. The second-order valence-electron chi connectivity index (χ2n) is 4.67. The van der Waals surface area contributed by atoms with Crippen LogP contribution >= 0.6 is 34.7 Å². The van der Waals surface area contributed by atoms with Gasteiger partial charge in [-0.1, -0.05) is 41.6 Å². The third-order valence-corrected chi connectivity index (χ3v) is 5.07. The number of aromatic nitrogens is 2. The largest absolute Gasteiger partial charge is 0.360 e. The molecular weight excluding hydrogens is 359 g/mol. The zero-order valence-electron chi connectivity index (χ0n) is 12.6. The molecule has 0 saturated carbocycles. The zero-order valence-corrected chi connectivity index (χ0v) is 15.0. The molecule has 0 aliphatic carbocycles. The van der Waals surface area contributed by atoms with Crippen molar-refractivity contribution in [3.05, 3.63) is 29.0 Å². The number of halogens is 2. The van der Waals surface area contributed by atoms with E-state index in [1.165, 1.54) is 35.2 Å². The number of hydrogen-bond donors (Lipinski definition) is 2. The second kappa shape index (κ2) is 8.47. The van der Waals surface area contributed by atoms with E-state index in [2.05, 4.69) is 27.8 Å². The Morgan fingerprint density at radius 1 is 1.48 bits per heavy atom. The summed E-state index contributed by atoms with van der Waals surface area (Å²) in [5, 5.41) is 14.3. The predicted octanol–water partition coefficient (Wildman–Crippen LogP) is 4.27. The summed E-state index contributed by atoms with van der Waals surface area (Å²) in [7, 11) is 0. The molecule has 9 heteroatoms. The van der Waals surface area contributed by atoms with Crippen LogP contribution in [-0.4, -0.2) is 27.9 Å². The topological polar surface area (TPSA) is 66.9 Å². The van der Waals surface area contributed by atoms with Gasteiger partial charge in [-0.05, 0) is 31.5 Å². The first-order valence-electron chi connectivity index (χ1n) is 6.99. The monoisotopic (exact) mass is 374 g/mol. The smallest absolute Gasteiger partial charge is 0.237 e. The summed E-state index contributed by atoms with van der Waals surface area (Å²) < 4.78 is 14.4. The lowest BCUT2D eigenvalue weighted by Crippen LogP contribution is -2.22. The first-order valence-corrected chi connectivity index (χ1v) is 9.07. The molecular formula is C14H16ClFN4OS2. The Morgan fingerprint density at radius 3 is 2.96 bits per heavy atom. The van der Waals surface area contributed by atoms with Gasteiger partial charge >= 0.3 is 0 Å². The van der Waals surface area contributed by atoms with E-state index in [9.17, 15) is 9.18 Å². The molecule has 0 aliphatic heterocycles. The molecule has 0 fully saturated rings. The van der Waals surface area contributed by atoms with Crippen LogP contribution in [0.2, 0.25) is 5.02 Å². The van der Waals surface area contributed by atoms with Crippen LogP contribution in [0.5, 0.6) is 0 Å². The van der Waals surface area contributed by atoms with Crippen LogP contribution in [0.25, 0.3) is 0 Å². The number of nitrogens with one attached hydrogen (secondary N) is 2. The van der Waals surface area contributed by atoms with Crippen LogP contribution in [0.4, 0.5) is 15.2 Å². The fourth-order valence-electron chi connectivity index (χ4n) is 1.59. The minimum Gasteiger partial charge on any atom is -0.360 e. The average Bonchev–Trinajstić information content (AvgIpc) is 2.95. The molecule has 1 atom stereocenters. The third-order valence-electron chi connectivity index (χ3n) is 2.77. The molecule has 1 heterocycles. The Labute approximate surface area is 147 Å². The van der Waals surface area contributed by atoms with Gasteiger partial charge in [0, 0.05) is 11.6 Å². The van der Waals surface area contributed by atoms with Crippen molar-refractivity contribution in [2.24, 2.45) is 0 Å². The van der Waals surface area contributed by atoms with E-state index in [1.54, 1.807) is 6.92 Å². The van der Waals surface area contributed by atoms with E-state index < -0.39 is 11.1 Å². The maximum Gasteiger partial charge on any atom is 0.237 e. The van der Waals surface area contributed by atoms with E-state index in [1.807, 2.05) is 0 Å². The Balaban J connectivity index is 1.93. The maximum absolute atomic E-state index is 13.7. The van der Waals surface area contributed by atoms with Crippen LogP contribution in [0.3, 0.4) is 0 Å².